The van der Waals surface area contributed by atoms with Crippen LogP contribution in [0.1, 0.15) is 44.4 Å². The van der Waals surface area contributed by atoms with E-state index < -0.39 is 35.6 Å². The second-order valence-electron chi connectivity index (χ2n) is 7.22. The van der Waals surface area contributed by atoms with E-state index in [1.807, 2.05) is 0 Å². The fourth-order valence-electron chi connectivity index (χ4n) is 2.26. The molecule has 0 bridgehead atoms. The molecule has 1 N–H and O–H groups in total. The predicted molar refractivity (Wildman–Crippen MR) is 90.1 cm³/mol. The molecule has 4 nitrogen and oxygen atoms in total. The monoisotopic (exact) mass is 379 g/mol. The zero-order chi connectivity index (χ0) is 20.3. The summed E-state index contributed by atoms with van der Waals surface area (Å²) in [5.41, 5.74) is -0.770. The quantitative estimate of drug-likeness (QED) is 0.712. The molecule has 0 aliphatic rings. The number of aryl methyl sites for hydroxylation is 2. The van der Waals surface area contributed by atoms with E-state index in [9.17, 15) is 22.4 Å². The first-order valence-corrected chi connectivity index (χ1v) is 8.14. The van der Waals surface area contributed by atoms with Gasteiger partial charge in [0.25, 0.3) is 0 Å². The van der Waals surface area contributed by atoms with Gasteiger partial charge in [-0.15, -0.1) is 0 Å². The maximum absolute atomic E-state index is 13.5. The Morgan fingerprint density at radius 3 is 2.08 bits per heavy atom. The summed E-state index contributed by atoms with van der Waals surface area (Å²) in [7, 11) is 0. The van der Waals surface area contributed by atoms with Crippen molar-refractivity contribution in [3.05, 3.63) is 28.8 Å². The predicted octanol–water partition coefficient (Wildman–Crippen LogP) is 4.95. The summed E-state index contributed by atoms with van der Waals surface area (Å²) in [4.78, 5) is 11.7. The zero-order valence-corrected chi connectivity index (χ0v) is 15.8. The molecule has 0 aromatic heterocycles. The molecule has 0 spiro atoms. The summed E-state index contributed by atoms with van der Waals surface area (Å²) in [5, 5.41) is 2.59. The van der Waals surface area contributed by atoms with E-state index in [1.165, 1.54) is 13.8 Å². The van der Waals surface area contributed by atoms with Crippen LogP contribution < -0.4 is 10.1 Å². The molecule has 0 saturated carbocycles. The van der Waals surface area contributed by atoms with Crippen LogP contribution in [0, 0.1) is 13.8 Å². The molecule has 0 aliphatic heterocycles. The van der Waals surface area contributed by atoms with Crippen molar-refractivity contribution in [3.8, 4) is 5.75 Å². The number of hydrogen-bond acceptors (Lipinski definition) is 3. The Balaban J connectivity index is 2.78. The van der Waals surface area contributed by atoms with Gasteiger partial charge in [-0.05, 0) is 64.8 Å². The molecule has 148 valence electrons. The molecule has 1 amide bonds. The number of rotatable bonds is 6. The van der Waals surface area contributed by atoms with E-state index in [0.717, 1.165) is 12.1 Å². The minimum atomic E-state index is -4.22. The molecule has 0 aliphatic carbocycles. The summed E-state index contributed by atoms with van der Waals surface area (Å²) in [6.45, 7) is 9.95. The van der Waals surface area contributed by atoms with E-state index in [2.05, 4.69) is 5.32 Å². The van der Waals surface area contributed by atoms with Gasteiger partial charge in [0.05, 0.1) is 6.04 Å². The van der Waals surface area contributed by atoms with Crippen LogP contribution in [0.5, 0.6) is 5.75 Å². The molecule has 0 heterocycles. The van der Waals surface area contributed by atoms with Gasteiger partial charge in [0, 0.05) is 5.56 Å². The lowest BCUT2D eigenvalue weighted by molar-refractivity contribution is -0.135. The molecule has 1 atom stereocenters. The summed E-state index contributed by atoms with van der Waals surface area (Å²) < 4.78 is 62.8. The van der Waals surface area contributed by atoms with Crippen LogP contribution in [0.3, 0.4) is 0 Å². The molecular formula is C18H25F4NO3. The van der Waals surface area contributed by atoms with Crippen LogP contribution in [-0.2, 0) is 10.7 Å². The fraction of sp³-hybridized carbons (Fsp3) is 0.611. The maximum atomic E-state index is 13.5. The highest BCUT2D eigenvalue weighted by atomic mass is 19.3. The minimum absolute atomic E-state index is 0.0610. The third-order valence-electron chi connectivity index (χ3n) is 3.36. The number of amides is 1. The first-order valence-electron chi connectivity index (χ1n) is 8.14. The molecule has 0 radical (unpaired) electrons. The number of carbonyl (C=O) groups is 1. The Kier molecular flexibility index (Phi) is 6.90. The van der Waals surface area contributed by atoms with Crippen LogP contribution in [0.4, 0.5) is 22.4 Å². The van der Waals surface area contributed by atoms with E-state index in [-0.39, 0.29) is 6.61 Å². The van der Waals surface area contributed by atoms with Crippen molar-refractivity contribution >= 4 is 6.09 Å². The van der Waals surface area contributed by atoms with E-state index in [1.54, 1.807) is 27.7 Å². The van der Waals surface area contributed by atoms with E-state index >= 15 is 0 Å². The molecule has 1 aromatic rings. The molecular weight excluding hydrogens is 354 g/mol. The van der Waals surface area contributed by atoms with Gasteiger partial charge in [0.1, 0.15) is 18.0 Å². The van der Waals surface area contributed by atoms with E-state index in [4.69, 9.17) is 9.47 Å². The lowest BCUT2D eigenvalue weighted by Gasteiger charge is -2.23. The standard InChI is InChI=1S/C18H25F4NO3/c1-10-7-13(18(21,22)15(19)20)8-11(2)14(10)25-9-12(3)23-16(24)26-17(4,5)6/h7-8,12,15H,9H2,1-6H3,(H,23,24). The number of ether oxygens (including phenoxy) is 2. The average Bonchev–Trinajstić information content (AvgIpc) is 2.43. The van der Waals surface area contributed by atoms with Gasteiger partial charge >= 0.3 is 18.4 Å². The van der Waals surface area contributed by atoms with Crippen molar-refractivity contribution in [3.63, 3.8) is 0 Å². The SMILES string of the molecule is Cc1cc(C(F)(F)C(F)F)cc(C)c1OCC(C)NC(=O)OC(C)(C)C. The van der Waals surface area contributed by atoms with Gasteiger partial charge in [-0.1, -0.05) is 0 Å². The van der Waals surface area contributed by atoms with Crippen molar-refractivity contribution < 1.29 is 31.8 Å². The number of hydrogen-bond donors (Lipinski definition) is 1. The minimum Gasteiger partial charge on any atom is -0.491 e. The normalized spacial score (nSPS) is 13.5. The number of nitrogens with one attached hydrogen (secondary N) is 1. The summed E-state index contributed by atoms with van der Waals surface area (Å²) in [6, 6.07) is 1.56. The Bertz CT molecular complexity index is 619. The van der Waals surface area contributed by atoms with E-state index in [0.29, 0.717) is 16.9 Å². The molecule has 0 fully saturated rings. The van der Waals surface area contributed by atoms with Gasteiger partial charge in [-0.3, -0.25) is 0 Å². The van der Waals surface area contributed by atoms with Gasteiger partial charge < -0.3 is 14.8 Å². The third kappa shape index (κ3) is 6.07. The van der Waals surface area contributed by atoms with Crippen molar-refractivity contribution in [1.29, 1.82) is 0 Å². The lowest BCUT2D eigenvalue weighted by atomic mass is 10.0. The van der Waals surface area contributed by atoms with Crippen molar-refractivity contribution in [2.75, 3.05) is 6.61 Å². The highest BCUT2D eigenvalue weighted by Gasteiger charge is 2.43. The van der Waals surface area contributed by atoms with Crippen molar-refractivity contribution in [2.45, 2.75) is 65.5 Å². The first kappa shape index (κ1) is 22.1. The molecule has 26 heavy (non-hydrogen) atoms. The Labute approximate surface area is 150 Å². The Hall–Kier alpha value is -1.99. The topological polar surface area (TPSA) is 47.6 Å². The Morgan fingerprint density at radius 1 is 1.15 bits per heavy atom. The fourth-order valence-corrected chi connectivity index (χ4v) is 2.26. The lowest BCUT2D eigenvalue weighted by Crippen LogP contribution is -2.40. The molecule has 1 unspecified atom stereocenters. The van der Waals surface area contributed by atoms with Gasteiger partial charge in [-0.2, -0.15) is 8.78 Å². The molecule has 8 heteroatoms. The second kappa shape index (κ2) is 8.14. The molecule has 1 aromatic carbocycles. The highest BCUT2D eigenvalue weighted by molar-refractivity contribution is 5.68. The number of benzene rings is 1. The Morgan fingerprint density at radius 2 is 1.65 bits per heavy atom. The van der Waals surface area contributed by atoms with Gasteiger partial charge in [0.15, 0.2) is 0 Å². The number of carbonyl (C=O) groups excluding carboxylic acids is 1. The summed E-state index contributed by atoms with van der Waals surface area (Å²) >= 11 is 0. The molecule has 0 saturated heterocycles. The van der Waals surface area contributed by atoms with Gasteiger partial charge in [-0.25, -0.2) is 13.6 Å². The number of alkyl halides is 4. The summed E-state index contributed by atoms with van der Waals surface area (Å²) in [5.74, 6) is -3.91. The smallest absolute Gasteiger partial charge is 0.407 e. The summed E-state index contributed by atoms with van der Waals surface area (Å²) in [6.07, 6.45) is -4.39. The van der Waals surface area contributed by atoms with Crippen LogP contribution in [0.2, 0.25) is 0 Å². The van der Waals surface area contributed by atoms with Crippen molar-refractivity contribution in [2.24, 2.45) is 0 Å². The maximum Gasteiger partial charge on any atom is 0.407 e. The van der Waals surface area contributed by atoms with Crippen LogP contribution in [0.15, 0.2) is 12.1 Å². The highest BCUT2D eigenvalue weighted by Crippen LogP contribution is 2.38. The van der Waals surface area contributed by atoms with Crippen LogP contribution in [0.25, 0.3) is 0 Å². The number of halogens is 4. The zero-order valence-electron chi connectivity index (χ0n) is 15.8. The number of alkyl carbamates (subject to hydrolysis) is 1. The molecule has 1 rings (SSSR count). The van der Waals surface area contributed by atoms with Gasteiger partial charge in [0.2, 0.25) is 0 Å². The second-order valence-corrected chi connectivity index (χ2v) is 7.22. The third-order valence-corrected chi connectivity index (χ3v) is 3.36. The van der Waals surface area contributed by atoms with Crippen molar-refractivity contribution in [1.82, 2.24) is 5.32 Å². The first-order chi connectivity index (χ1) is 11.7. The van der Waals surface area contributed by atoms with Crippen LogP contribution in [-0.4, -0.2) is 30.8 Å². The largest absolute Gasteiger partial charge is 0.491 e. The average molecular weight is 379 g/mol. The van der Waals surface area contributed by atoms with Crippen LogP contribution >= 0.6 is 0 Å².